The van der Waals surface area contributed by atoms with Crippen LogP contribution in [0, 0.1) is 5.92 Å². The van der Waals surface area contributed by atoms with Crippen molar-refractivity contribution in [1.82, 2.24) is 55.6 Å². The van der Waals surface area contributed by atoms with Crippen LogP contribution in [0.3, 0.4) is 0 Å². The van der Waals surface area contributed by atoms with Gasteiger partial charge in [0.1, 0.15) is 11.4 Å². The molecule has 12 nitrogen and oxygen atoms in total. The summed E-state index contributed by atoms with van der Waals surface area (Å²) in [7, 11) is 0. The van der Waals surface area contributed by atoms with Crippen LogP contribution in [0.5, 0.6) is 0 Å². The van der Waals surface area contributed by atoms with Crippen molar-refractivity contribution in [3.63, 3.8) is 0 Å². The van der Waals surface area contributed by atoms with Crippen molar-refractivity contribution in [3.8, 4) is 22.8 Å². The number of allylic oxidation sites excluding steroid dienone is 3. The smallest absolute Gasteiger partial charge is 0.116 e. The molecule has 12 heteroatoms. The zero-order chi connectivity index (χ0) is 45.0. The summed E-state index contributed by atoms with van der Waals surface area (Å²) in [6.07, 6.45) is 23.4. The number of aromatic nitrogens is 10. The summed E-state index contributed by atoms with van der Waals surface area (Å²) in [6.45, 7) is 25.1. The van der Waals surface area contributed by atoms with Crippen molar-refractivity contribution in [2.45, 2.75) is 60.3 Å². The van der Waals surface area contributed by atoms with Crippen LogP contribution in [0.2, 0.25) is 0 Å². The molecule has 9 rings (SSSR count). The zero-order valence-electron chi connectivity index (χ0n) is 37.5. The van der Waals surface area contributed by atoms with Gasteiger partial charge in [0.05, 0.1) is 56.0 Å². The highest BCUT2D eigenvalue weighted by molar-refractivity contribution is 5.90. The van der Waals surface area contributed by atoms with E-state index in [2.05, 4.69) is 112 Å². The van der Waals surface area contributed by atoms with Gasteiger partial charge in [0.2, 0.25) is 0 Å². The third-order valence-electron chi connectivity index (χ3n) is 11.2. The first kappa shape index (κ1) is 44.6. The normalized spacial score (nSPS) is 14.0. The minimum absolute atomic E-state index is 0.679. The number of hydrogen-bond donors (Lipinski definition) is 6. The van der Waals surface area contributed by atoms with Crippen LogP contribution in [0.25, 0.3) is 80.3 Å². The Morgan fingerprint density at radius 3 is 1.77 bits per heavy atom. The van der Waals surface area contributed by atoms with Crippen LogP contribution in [0.1, 0.15) is 70.6 Å². The van der Waals surface area contributed by atoms with Crippen molar-refractivity contribution < 1.29 is 0 Å². The van der Waals surface area contributed by atoms with E-state index in [9.17, 15) is 0 Å². The molecular weight excluding hydrogens is 793 g/mol. The van der Waals surface area contributed by atoms with Gasteiger partial charge in [-0.05, 0) is 141 Å². The Labute approximate surface area is 373 Å². The number of H-pyrrole nitrogens is 4. The molecule has 0 amide bonds. The Morgan fingerprint density at radius 2 is 1.25 bits per heavy atom. The SMILES string of the molecule is C=C(/C=c1/c(-c2cc3ncccc3[nH]2)n[nH]/c1=C/C)c1cncc(CC)c1.C=C(CC1CCNCC1)Nc1cncc(C(=C)/C=c2/c(-c3cc4ncccc4[nH]3)n[nH]/c2=C/C)c1.CC. The molecule has 0 aromatic carbocycles. The van der Waals surface area contributed by atoms with Crippen molar-refractivity contribution >= 4 is 63.2 Å². The van der Waals surface area contributed by atoms with Crippen LogP contribution >= 0.6 is 0 Å². The number of pyridine rings is 4. The fourth-order valence-electron chi connectivity index (χ4n) is 7.78. The summed E-state index contributed by atoms with van der Waals surface area (Å²) in [5.74, 6) is 0.679. The topological polar surface area (TPSA) is 165 Å². The first-order valence-corrected chi connectivity index (χ1v) is 22.1. The largest absolute Gasteiger partial charge is 0.358 e. The van der Waals surface area contributed by atoms with Crippen molar-refractivity contribution in [3.05, 3.63) is 149 Å². The predicted molar refractivity (Wildman–Crippen MR) is 265 cm³/mol. The number of anilines is 1. The lowest BCUT2D eigenvalue weighted by atomic mass is 9.93. The maximum Gasteiger partial charge on any atom is 0.116 e. The fourth-order valence-corrected chi connectivity index (χ4v) is 7.78. The summed E-state index contributed by atoms with van der Waals surface area (Å²) in [4.78, 5) is 24.4. The van der Waals surface area contributed by atoms with E-state index in [1.807, 2.05) is 101 Å². The number of piperidine rings is 1. The molecule has 1 saturated heterocycles. The molecule has 0 spiro atoms. The highest BCUT2D eigenvalue weighted by atomic mass is 15.1. The second-order valence-electron chi connectivity index (χ2n) is 15.5. The second-order valence-corrected chi connectivity index (χ2v) is 15.5. The number of nitrogens with zero attached hydrogens (tertiary/aromatic N) is 6. The average molecular weight is 851 g/mol. The summed E-state index contributed by atoms with van der Waals surface area (Å²) >= 11 is 0. The monoisotopic (exact) mass is 850 g/mol. The summed E-state index contributed by atoms with van der Waals surface area (Å²) < 4.78 is 0. The molecule has 326 valence electrons. The van der Waals surface area contributed by atoms with Crippen molar-refractivity contribution in [2.75, 3.05) is 18.4 Å². The highest BCUT2D eigenvalue weighted by Gasteiger charge is 2.15. The lowest BCUT2D eigenvalue weighted by Crippen LogP contribution is -2.28. The van der Waals surface area contributed by atoms with Crippen molar-refractivity contribution in [2.24, 2.45) is 5.92 Å². The number of aromatic amines is 4. The second kappa shape index (κ2) is 21.1. The predicted octanol–water partition coefficient (Wildman–Crippen LogP) is 8.19. The third-order valence-corrected chi connectivity index (χ3v) is 11.2. The van der Waals surface area contributed by atoms with Gasteiger partial charge in [0.15, 0.2) is 0 Å². The third kappa shape index (κ3) is 10.4. The zero-order valence-corrected chi connectivity index (χ0v) is 37.5. The van der Waals surface area contributed by atoms with Crippen LogP contribution in [-0.4, -0.2) is 63.4 Å². The fraction of sp³-hybridized carbons (Fsp3) is 0.231. The minimum Gasteiger partial charge on any atom is -0.358 e. The maximum absolute atomic E-state index is 4.58. The number of hydrogen-bond acceptors (Lipinski definition) is 8. The molecule has 8 aromatic rings. The Morgan fingerprint density at radius 1 is 0.719 bits per heavy atom. The Hall–Kier alpha value is -7.44. The highest BCUT2D eigenvalue weighted by Crippen LogP contribution is 2.24. The van der Waals surface area contributed by atoms with Gasteiger partial charge in [-0.3, -0.25) is 30.1 Å². The van der Waals surface area contributed by atoms with Gasteiger partial charge in [0.25, 0.3) is 0 Å². The van der Waals surface area contributed by atoms with E-state index < -0.39 is 0 Å². The van der Waals surface area contributed by atoms with Crippen LogP contribution in [0.4, 0.5) is 5.69 Å². The molecule has 64 heavy (non-hydrogen) atoms. The van der Waals surface area contributed by atoms with Gasteiger partial charge in [-0.15, -0.1) is 0 Å². The van der Waals surface area contributed by atoms with Gasteiger partial charge >= 0.3 is 0 Å². The Balaban J connectivity index is 0.000000190. The minimum atomic E-state index is 0.679. The van der Waals surface area contributed by atoms with Crippen molar-refractivity contribution in [1.29, 1.82) is 0 Å². The molecule has 1 fully saturated rings. The standard InChI is InChI=1S/C28H31N7.C22H21N5.C2H6/c1-4-24-23(28(35-34-24)27-15-26-25(33-27)6-5-9-31-26)12-18(2)21-14-22(17-30-16-21)32-19(3)13-20-7-10-29-11-8-20;1-4-15-10-16(13-23-12-15)14(3)9-17-18(5-2)26-27-22(17)21-11-20-19(25-21)7-6-8-24-20;1-2/h4-6,9,12,14-17,20,29,32-34H,2-3,7-8,10-11,13H2,1H3;5-13,25-26H,3-4H2,1-2H3;1-2H3/b23-12+,24-4+;17-9+,18-5+;. The number of rotatable bonds is 11. The molecule has 0 saturated carbocycles. The molecule has 1 aliphatic heterocycles. The van der Waals surface area contributed by atoms with E-state index in [4.69, 9.17) is 0 Å². The molecule has 1 aliphatic rings. The molecule has 0 unspecified atom stereocenters. The molecule has 8 aromatic heterocycles. The number of aryl methyl sites for hydroxylation is 1. The Kier molecular flexibility index (Phi) is 14.7. The van der Waals surface area contributed by atoms with E-state index >= 15 is 0 Å². The molecule has 0 bridgehead atoms. The van der Waals surface area contributed by atoms with E-state index in [0.717, 1.165) is 126 Å². The molecule has 0 atom stereocenters. The molecule has 6 N–H and O–H groups in total. The van der Waals surface area contributed by atoms with E-state index in [1.54, 1.807) is 12.4 Å². The summed E-state index contributed by atoms with van der Waals surface area (Å²) in [5, 5.41) is 26.1. The quantitative estimate of drug-likeness (QED) is 0.0759. The first-order chi connectivity index (χ1) is 31.3. The van der Waals surface area contributed by atoms with Crippen LogP contribution in [0.15, 0.2) is 111 Å². The van der Waals surface area contributed by atoms with E-state index in [0.29, 0.717) is 5.92 Å². The van der Waals surface area contributed by atoms with Gasteiger partial charge < -0.3 is 20.6 Å². The van der Waals surface area contributed by atoms with Gasteiger partial charge in [-0.1, -0.05) is 52.7 Å². The molecular formula is C52H58N12. The van der Waals surface area contributed by atoms with E-state index in [-0.39, 0.29) is 0 Å². The number of nitrogens with one attached hydrogen (secondary N) is 6. The maximum atomic E-state index is 4.58. The summed E-state index contributed by atoms with van der Waals surface area (Å²) in [5.41, 5.74) is 14.2. The molecule has 0 radical (unpaired) electrons. The van der Waals surface area contributed by atoms with E-state index in [1.165, 1.54) is 18.4 Å². The van der Waals surface area contributed by atoms with Gasteiger partial charge in [-0.25, -0.2) is 0 Å². The molecule has 9 heterocycles. The first-order valence-electron chi connectivity index (χ1n) is 22.1. The Bertz CT molecular complexity index is 3090. The average Bonchev–Trinajstić information content (AvgIpc) is 4.15. The van der Waals surface area contributed by atoms with Gasteiger partial charge in [0, 0.05) is 52.7 Å². The lowest BCUT2D eigenvalue weighted by Gasteiger charge is -2.23. The number of fused-ring (bicyclic) bond motifs is 2. The summed E-state index contributed by atoms with van der Waals surface area (Å²) in [6, 6.07) is 16.1. The lowest BCUT2D eigenvalue weighted by molar-refractivity contribution is 0.373. The van der Waals surface area contributed by atoms with Crippen LogP contribution < -0.4 is 31.8 Å². The van der Waals surface area contributed by atoms with Crippen LogP contribution in [-0.2, 0) is 6.42 Å². The molecule has 0 aliphatic carbocycles. The van der Waals surface area contributed by atoms with Gasteiger partial charge in [-0.2, -0.15) is 10.2 Å².